The highest BCUT2D eigenvalue weighted by Crippen LogP contribution is 2.25. The standard InChI is InChI=1S/C21H24N4O3S/c1-12-6-5-7-16(13(12)2)24-18(27)10-22-17(26)8-9-25-11-23-20-19(21(25)28)14(3)15(4)29-20/h5-7,11H,8-10H2,1-4H3,(H,22,26)(H,24,27). The summed E-state index contributed by atoms with van der Waals surface area (Å²) in [6.07, 6.45) is 1.56. The molecule has 0 fully saturated rings. The fourth-order valence-corrected chi connectivity index (χ4v) is 3.99. The fraction of sp³-hybridized carbons (Fsp3) is 0.333. The van der Waals surface area contributed by atoms with E-state index in [-0.39, 0.29) is 36.9 Å². The van der Waals surface area contributed by atoms with Gasteiger partial charge in [-0.3, -0.25) is 19.0 Å². The van der Waals surface area contributed by atoms with Crippen molar-refractivity contribution in [3.05, 3.63) is 56.4 Å². The van der Waals surface area contributed by atoms with Crippen LogP contribution < -0.4 is 16.2 Å². The monoisotopic (exact) mass is 412 g/mol. The topological polar surface area (TPSA) is 93.1 Å². The average Bonchev–Trinajstić information content (AvgIpc) is 2.98. The van der Waals surface area contributed by atoms with Gasteiger partial charge in [0.05, 0.1) is 18.3 Å². The molecule has 0 unspecified atom stereocenters. The number of amides is 2. The van der Waals surface area contributed by atoms with Crippen molar-refractivity contribution in [1.82, 2.24) is 14.9 Å². The molecule has 2 N–H and O–H groups in total. The van der Waals surface area contributed by atoms with Crippen molar-refractivity contribution in [2.24, 2.45) is 0 Å². The van der Waals surface area contributed by atoms with E-state index in [1.54, 1.807) is 0 Å². The first kappa shape index (κ1) is 20.7. The van der Waals surface area contributed by atoms with Gasteiger partial charge in [-0.15, -0.1) is 11.3 Å². The maximum absolute atomic E-state index is 12.6. The molecule has 3 rings (SSSR count). The van der Waals surface area contributed by atoms with Gasteiger partial charge in [0.1, 0.15) is 4.83 Å². The van der Waals surface area contributed by atoms with Gasteiger partial charge >= 0.3 is 0 Å². The van der Waals surface area contributed by atoms with Crippen LogP contribution in [-0.2, 0) is 16.1 Å². The highest BCUT2D eigenvalue weighted by molar-refractivity contribution is 7.18. The van der Waals surface area contributed by atoms with Crippen molar-refractivity contribution in [1.29, 1.82) is 0 Å². The Kier molecular flexibility index (Phi) is 6.12. The highest BCUT2D eigenvalue weighted by Gasteiger charge is 2.13. The third-order valence-electron chi connectivity index (χ3n) is 5.06. The predicted octanol–water partition coefficient (Wildman–Crippen LogP) is 2.84. The van der Waals surface area contributed by atoms with Crippen LogP contribution in [0.4, 0.5) is 5.69 Å². The first-order chi connectivity index (χ1) is 13.8. The van der Waals surface area contributed by atoms with Gasteiger partial charge in [0, 0.05) is 23.5 Å². The van der Waals surface area contributed by atoms with E-state index < -0.39 is 0 Å². The molecular formula is C21H24N4O3S. The smallest absolute Gasteiger partial charge is 0.262 e. The van der Waals surface area contributed by atoms with E-state index in [9.17, 15) is 14.4 Å². The maximum atomic E-state index is 12.6. The molecule has 0 saturated heterocycles. The van der Waals surface area contributed by atoms with Gasteiger partial charge in [-0.1, -0.05) is 12.1 Å². The third-order valence-corrected chi connectivity index (χ3v) is 6.18. The Hall–Kier alpha value is -3.00. The number of nitrogens with zero attached hydrogens (tertiary/aromatic N) is 2. The molecule has 2 heterocycles. The molecule has 2 aromatic heterocycles. The minimum absolute atomic E-state index is 0.0893. The Labute approximate surface area is 172 Å². The number of anilines is 1. The van der Waals surface area contributed by atoms with Crippen LogP contribution in [0.5, 0.6) is 0 Å². The molecule has 8 heteroatoms. The molecule has 152 valence electrons. The van der Waals surface area contributed by atoms with Crippen LogP contribution in [0.25, 0.3) is 10.2 Å². The van der Waals surface area contributed by atoms with Crippen molar-refractivity contribution in [3.63, 3.8) is 0 Å². The van der Waals surface area contributed by atoms with E-state index in [0.29, 0.717) is 10.2 Å². The third kappa shape index (κ3) is 4.54. The highest BCUT2D eigenvalue weighted by atomic mass is 32.1. The van der Waals surface area contributed by atoms with Crippen molar-refractivity contribution in [2.45, 2.75) is 40.7 Å². The SMILES string of the molecule is Cc1cccc(NC(=O)CNC(=O)CCn2cnc3sc(C)c(C)c3c2=O)c1C. The van der Waals surface area contributed by atoms with Gasteiger partial charge in [-0.25, -0.2) is 4.98 Å². The fourth-order valence-electron chi connectivity index (χ4n) is 3.00. The Morgan fingerprint density at radius 2 is 1.86 bits per heavy atom. The van der Waals surface area contributed by atoms with Gasteiger partial charge in [0.15, 0.2) is 0 Å². The number of fused-ring (bicyclic) bond motifs is 1. The van der Waals surface area contributed by atoms with Gasteiger partial charge in [0.2, 0.25) is 11.8 Å². The number of hydrogen-bond acceptors (Lipinski definition) is 5. The number of thiophene rings is 1. The summed E-state index contributed by atoms with van der Waals surface area (Å²) in [6, 6.07) is 5.67. The quantitative estimate of drug-likeness (QED) is 0.651. The lowest BCUT2D eigenvalue weighted by atomic mass is 10.1. The zero-order chi connectivity index (χ0) is 21.1. The van der Waals surface area contributed by atoms with Crippen molar-refractivity contribution < 1.29 is 9.59 Å². The second-order valence-electron chi connectivity index (χ2n) is 7.03. The first-order valence-electron chi connectivity index (χ1n) is 9.36. The predicted molar refractivity (Wildman–Crippen MR) is 116 cm³/mol. The molecule has 0 spiro atoms. The zero-order valence-electron chi connectivity index (χ0n) is 17.0. The van der Waals surface area contributed by atoms with Crippen molar-refractivity contribution >= 4 is 39.1 Å². The Morgan fingerprint density at radius 1 is 1.10 bits per heavy atom. The molecule has 7 nitrogen and oxygen atoms in total. The number of aromatic nitrogens is 2. The molecule has 0 aliphatic rings. The Bertz CT molecular complexity index is 1150. The zero-order valence-corrected chi connectivity index (χ0v) is 17.8. The summed E-state index contributed by atoms with van der Waals surface area (Å²) in [5.41, 5.74) is 3.60. The number of carbonyl (C=O) groups is 2. The first-order valence-corrected chi connectivity index (χ1v) is 10.2. The number of benzene rings is 1. The van der Waals surface area contributed by atoms with Crippen LogP contribution >= 0.6 is 11.3 Å². The molecule has 3 aromatic rings. The second-order valence-corrected chi connectivity index (χ2v) is 8.23. The van der Waals surface area contributed by atoms with Gasteiger partial charge in [-0.2, -0.15) is 0 Å². The summed E-state index contributed by atoms with van der Waals surface area (Å²) >= 11 is 1.49. The molecule has 0 atom stereocenters. The van der Waals surface area contributed by atoms with Crippen LogP contribution in [0.3, 0.4) is 0 Å². The van der Waals surface area contributed by atoms with Crippen LogP contribution in [0.1, 0.15) is 28.0 Å². The Morgan fingerprint density at radius 3 is 2.62 bits per heavy atom. The van der Waals surface area contributed by atoms with E-state index in [0.717, 1.165) is 27.3 Å². The van der Waals surface area contributed by atoms with Gasteiger partial charge in [-0.05, 0) is 50.5 Å². The summed E-state index contributed by atoms with van der Waals surface area (Å²) in [6.45, 7) is 7.86. The largest absolute Gasteiger partial charge is 0.347 e. The van der Waals surface area contributed by atoms with E-state index in [1.165, 1.54) is 22.2 Å². The van der Waals surface area contributed by atoms with E-state index >= 15 is 0 Å². The lowest BCUT2D eigenvalue weighted by Gasteiger charge is -2.11. The summed E-state index contributed by atoms with van der Waals surface area (Å²) in [5.74, 6) is -0.594. The lowest BCUT2D eigenvalue weighted by molar-refractivity contribution is -0.124. The lowest BCUT2D eigenvalue weighted by Crippen LogP contribution is -2.34. The summed E-state index contributed by atoms with van der Waals surface area (Å²) in [5, 5.41) is 6.01. The minimum Gasteiger partial charge on any atom is -0.347 e. The van der Waals surface area contributed by atoms with Crippen LogP contribution in [-0.4, -0.2) is 27.9 Å². The summed E-state index contributed by atoms with van der Waals surface area (Å²) in [7, 11) is 0. The van der Waals surface area contributed by atoms with Crippen LogP contribution in [0.2, 0.25) is 0 Å². The van der Waals surface area contributed by atoms with Crippen LogP contribution in [0.15, 0.2) is 29.3 Å². The molecule has 1 aromatic carbocycles. The maximum Gasteiger partial charge on any atom is 0.262 e. The van der Waals surface area contributed by atoms with Crippen molar-refractivity contribution in [3.8, 4) is 0 Å². The van der Waals surface area contributed by atoms with E-state index in [2.05, 4.69) is 15.6 Å². The van der Waals surface area contributed by atoms with Crippen LogP contribution in [0, 0.1) is 27.7 Å². The molecule has 29 heavy (non-hydrogen) atoms. The molecule has 0 saturated carbocycles. The second kappa shape index (κ2) is 8.57. The van der Waals surface area contributed by atoms with E-state index in [1.807, 2.05) is 45.9 Å². The number of rotatable bonds is 6. The molecule has 0 aliphatic carbocycles. The molecule has 0 bridgehead atoms. The van der Waals surface area contributed by atoms with Crippen molar-refractivity contribution in [2.75, 3.05) is 11.9 Å². The molecular weight excluding hydrogens is 388 g/mol. The number of aryl methyl sites for hydroxylation is 4. The van der Waals surface area contributed by atoms with E-state index in [4.69, 9.17) is 0 Å². The van der Waals surface area contributed by atoms with Gasteiger partial charge < -0.3 is 10.6 Å². The normalized spacial score (nSPS) is 10.9. The molecule has 0 radical (unpaired) electrons. The number of nitrogens with one attached hydrogen (secondary N) is 2. The average molecular weight is 413 g/mol. The number of carbonyl (C=O) groups excluding carboxylic acids is 2. The minimum atomic E-state index is -0.300. The Balaban J connectivity index is 1.55. The van der Waals surface area contributed by atoms with Gasteiger partial charge in [0.25, 0.3) is 5.56 Å². The summed E-state index contributed by atoms with van der Waals surface area (Å²) < 4.78 is 1.44. The molecule has 0 aliphatic heterocycles. The number of hydrogen-bond donors (Lipinski definition) is 2. The summed E-state index contributed by atoms with van der Waals surface area (Å²) in [4.78, 5) is 43.0. The molecule has 2 amide bonds.